The molecular weight excluding hydrogens is 436 g/mol. The Hall–Kier alpha value is -3.30. The smallest absolute Gasteiger partial charge is 0.243 e. The van der Waals surface area contributed by atoms with Gasteiger partial charge in [-0.1, -0.05) is 25.0 Å². The van der Waals surface area contributed by atoms with Crippen LogP contribution in [0.1, 0.15) is 49.7 Å². The first-order valence-electron chi connectivity index (χ1n) is 11.7. The summed E-state index contributed by atoms with van der Waals surface area (Å²) in [5.41, 5.74) is 10.8. The van der Waals surface area contributed by atoms with Crippen molar-refractivity contribution in [1.29, 1.82) is 0 Å². The maximum atomic E-state index is 13.2. The van der Waals surface area contributed by atoms with Crippen LogP contribution in [0.2, 0.25) is 0 Å². The topological polar surface area (TPSA) is 135 Å². The number of nitrogens with one attached hydrogen (secondary N) is 3. The van der Waals surface area contributed by atoms with Crippen LogP contribution in [-0.2, 0) is 22.6 Å². The van der Waals surface area contributed by atoms with Crippen molar-refractivity contribution in [2.24, 2.45) is 0 Å². The molecule has 6 N–H and O–H groups in total. The number of hydrogen-bond acceptors (Lipinski definition) is 7. The number of anilines is 2. The van der Waals surface area contributed by atoms with Gasteiger partial charge >= 0.3 is 0 Å². The van der Waals surface area contributed by atoms with Gasteiger partial charge in [0.15, 0.2) is 0 Å². The summed E-state index contributed by atoms with van der Waals surface area (Å²) in [6.45, 7) is 0.991. The molecule has 9 heteroatoms. The molecule has 0 aromatic heterocycles. The molecule has 2 aromatic rings. The van der Waals surface area contributed by atoms with Crippen molar-refractivity contribution >= 4 is 23.2 Å². The fourth-order valence-corrected chi connectivity index (χ4v) is 4.01. The van der Waals surface area contributed by atoms with Gasteiger partial charge in [-0.25, -0.2) is 5.48 Å². The predicted molar refractivity (Wildman–Crippen MR) is 130 cm³/mol. The number of carbonyl (C=O) groups is 2. The minimum atomic E-state index is -0.414. The van der Waals surface area contributed by atoms with Gasteiger partial charge in [0, 0.05) is 6.42 Å². The standard InChI is InChI=1S/C25H34N4O5/c1-33-19-14-17-7-6-12-27-21(9-3-2-4-11-23(30)29-32)25(31)28-24-20(26)8-5-10-22(24)34-16-18(13-17)15-19/h5,8,10,13-15,21,27,32H,2-4,6-7,9,11-12,16,26H2,1H3,(H,28,31)(H,29,30). The van der Waals surface area contributed by atoms with Crippen LogP contribution in [0, 0.1) is 0 Å². The quantitative estimate of drug-likeness (QED) is 0.182. The van der Waals surface area contributed by atoms with Gasteiger partial charge < -0.3 is 25.8 Å². The molecule has 0 saturated carbocycles. The third kappa shape index (κ3) is 7.36. The number of rotatable bonds is 7. The number of fused-ring (bicyclic) bond motifs is 3. The number of methoxy groups -OCH3 is 1. The van der Waals surface area contributed by atoms with Crippen LogP contribution in [0.25, 0.3) is 0 Å². The number of nitrogen functional groups attached to an aromatic ring is 1. The number of nitrogens with two attached hydrogens (primary N) is 1. The number of carbonyl (C=O) groups excluding carboxylic acids is 2. The van der Waals surface area contributed by atoms with Gasteiger partial charge in [-0.05, 0) is 67.6 Å². The lowest BCUT2D eigenvalue weighted by Crippen LogP contribution is -2.41. The fourth-order valence-electron chi connectivity index (χ4n) is 4.01. The molecule has 1 unspecified atom stereocenters. The van der Waals surface area contributed by atoms with E-state index in [1.807, 2.05) is 12.1 Å². The Morgan fingerprint density at radius 3 is 2.85 bits per heavy atom. The van der Waals surface area contributed by atoms with Gasteiger partial charge in [0.1, 0.15) is 23.8 Å². The highest BCUT2D eigenvalue weighted by molar-refractivity contribution is 5.99. The Labute approximate surface area is 200 Å². The molecule has 0 saturated heterocycles. The largest absolute Gasteiger partial charge is 0.497 e. The molecule has 184 valence electrons. The second-order valence-corrected chi connectivity index (χ2v) is 8.43. The lowest BCUT2D eigenvalue weighted by molar-refractivity contribution is -0.129. The number of hydroxylamine groups is 1. The van der Waals surface area contributed by atoms with Crippen LogP contribution < -0.4 is 31.3 Å². The number of para-hydroxylation sites is 1. The number of benzene rings is 2. The van der Waals surface area contributed by atoms with Gasteiger partial charge in [0.25, 0.3) is 0 Å². The van der Waals surface area contributed by atoms with Crippen molar-refractivity contribution in [3.63, 3.8) is 0 Å². The summed E-state index contributed by atoms with van der Waals surface area (Å²) in [5.74, 6) is 0.711. The van der Waals surface area contributed by atoms with Gasteiger partial charge in [-0.2, -0.15) is 0 Å². The van der Waals surface area contributed by atoms with Crippen LogP contribution in [0.4, 0.5) is 11.4 Å². The van der Waals surface area contributed by atoms with Crippen molar-refractivity contribution in [3.8, 4) is 11.5 Å². The van der Waals surface area contributed by atoms with E-state index in [0.717, 1.165) is 42.6 Å². The van der Waals surface area contributed by atoms with E-state index in [-0.39, 0.29) is 12.3 Å². The normalized spacial score (nSPS) is 16.4. The third-order valence-corrected chi connectivity index (χ3v) is 5.83. The Bertz CT molecular complexity index is 982. The van der Waals surface area contributed by atoms with Crippen LogP contribution in [0.5, 0.6) is 11.5 Å². The molecule has 3 rings (SSSR count). The van der Waals surface area contributed by atoms with Crippen LogP contribution in [-0.4, -0.2) is 36.7 Å². The molecule has 1 atom stereocenters. The summed E-state index contributed by atoms with van der Waals surface area (Å²) in [5, 5.41) is 14.9. The zero-order valence-electron chi connectivity index (χ0n) is 19.6. The Kier molecular flexibility index (Phi) is 9.54. The second kappa shape index (κ2) is 12.8. The molecule has 9 nitrogen and oxygen atoms in total. The van der Waals surface area contributed by atoms with Crippen molar-refractivity contribution in [2.45, 2.75) is 57.6 Å². The lowest BCUT2D eigenvalue weighted by Gasteiger charge is -2.21. The average Bonchev–Trinajstić information content (AvgIpc) is 2.84. The van der Waals surface area contributed by atoms with Crippen molar-refractivity contribution in [3.05, 3.63) is 47.5 Å². The molecule has 0 radical (unpaired) electrons. The number of hydrogen-bond donors (Lipinski definition) is 5. The molecular formula is C25H34N4O5. The van der Waals surface area contributed by atoms with E-state index in [1.54, 1.807) is 30.8 Å². The molecule has 34 heavy (non-hydrogen) atoms. The minimum Gasteiger partial charge on any atom is -0.497 e. The van der Waals surface area contributed by atoms with E-state index in [2.05, 4.69) is 16.7 Å². The Balaban J connectivity index is 1.76. The van der Waals surface area contributed by atoms with E-state index in [9.17, 15) is 9.59 Å². The molecule has 0 aliphatic carbocycles. The van der Waals surface area contributed by atoms with E-state index < -0.39 is 11.9 Å². The van der Waals surface area contributed by atoms with Crippen LogP contribution in [0.15, 0.2) is 36.4 Å². The summed E-state index contributed by atoms with van der Waals surface area (Å²) < 4.78 is 11.5. The monoisotopic (exact) mass is 470 g/mol. The molecule has 1 aliphatic rings. The molecule has 0 spiro atoms. The van der Waals surface area contributed by atoms with Gasteiger partial charge in [-0.15, -0.1) is 0 Å². The molecule has 1 aliphatic heterocycles. The van der Waals surface area contributed by atoms with E-state index in [4.69, 9.17) is 20.4 Å². The highest BCUT2D eigenvalue weighted by Gasteiger charge is 2.21. The lowest BCUT2D eigenvalue weighted by atomic mass is 10.0. The van der Waals surface area contributed by atoms with Crippen molar-refractivity contribution < 1.29 is 24.3 Å². The molecule has 2 bridgehead atoms. The third-order valence-electron chi connectivity index (χ3n) is 5.83. The van der Waals surface area contributed by atoms with Crippen molar-refractivity contribution in [2.75, 3.05) is 24.7 Å². The summed E-state index contributed by atoms with van der Waals surface area (Å²) in [4.78, 5) is 24.3. The maximum Gasteiger partial charge on any atom is 0.243 e. The predicted octanol–water partition coefficient (Wildman–Crippen LogP) is 3.16. The van der Waals surface area contributed by atoms with E-state index in [0.29, 0.717) is 43.1 Å². The molecule has 2 aromatic carbocycles. The summed E-state index contributed by atoms with van der Waals surface area (Å²) in [6, 6.07) is 11.0. The molecule has 2 amide bonds. The minimum absolute atomic E-state index is 0.173. The fraction of sp³-hybridized carbons (Fsp3) is 0.440. The average molecular weight is 471 g/mol. The molecule has 0 fully saturated rings. The number of amides is 2. The zero-order valence-corrected chi connectivity index (χ0v) is 19.6. The summed E-state index contributed by atoms with van der Waals surface area (Å²) >= 11 is 0. The number of unbranched alkanes of at least 4 members (excludes halogenated alkanes) is 2. The van der Waals surface area contributed by atoms with Crippen molar-refractivity contribution in [1.82, 2.24) is 10.8 Å². The highest BCUT2D eigenvalue weighted by atomic mass is 16.5. The van der Waals surface area contributed by atoms with Crippen LogP contribution in [0.3, 0.4) is 0 Å². The first-order valence-corrected chi connectivity index (χ1v) is 11.7. The highest BCUT2D eigenvalue weighted by Crippen LogP contribution is 2.32. The SMILES string of the molecule is COc1cc2cc(c1)COc1cccc(N)c1NC(=O)C(CCCCCC(=O)NO)NCCC2. The first-order chi connectivity index (χ1) is 16.5. The maximum absolute atomic E-state index is 13.2. The van der Waals surface area contributed by atoms with E-state index >= 15 is 0 Å². The second-order valence-electron chi connectivity index (χ2n) is 8.43. The zero-order chi connectivity index (χ0) is 24.3. The van der Waals surface area contributed by atoms with Crippen LogP contribution >= 0.6 is 0 Å². The number of aryl methyl sites for hydroxylation is 1. The van der Waals surface area contributed by atoms with Gasteiger partial charge in [0.2, 0.25) is 11.8 Å². The Morgan fingerprint density at radius 1 is 1.24 bits per heavy atom. The van der Waals surface area contributed by atoms with Gasteiger partial charge in [-0.3, -0.25) is 14.8 Å². The van der Waals surface area contributed by atoms with Gasteiger partial charge in [0.05, 0.1) is 18.8 Å². The van der Waals surface area contributed by atoms with E-state index in [1.165, 1.54) is 0 Å². The Morgan fingerprint density at radius 2 is 2.06 bits per heavy atom. The first kappa shape index (κ1) is 25.3. The summed E-state index contributed by atoms with van der Waals surface area (Å²) in [6.07, 6.45) is 4.73. The number of ether oxygens (including phenoxy) is 2. The molecule has 1 heterocycles. The summed E-state index contributed by atoms with van der Waals surface area (Å²) in [7, 11) is 1.65.